The third-order valence-electron chi connectivity index (χ3n) is 4.78. The van der Waals surface area contributed by atoms with Crippen LogP contribution in [0.2, 0.25) is 0 Å². The van der Waals surface area contributed by atoms with Crippen LogP contribution in [0.15, 0.2) is 18.2 Å². The van der Waals surface area contributed by atoms with E-state index >= 15 is 0 Å². The molecule has 0 saturated carbocycles. The average Bonchev–Trinajstić information content (AvgIpc) is 2.56. The van der Waals surface area contributed by atoms with Gasteiger partial charge in [-0.2, -0.15) is 0 Å². The van der Waals surface area contributed by atoms with Crippen molar-refractivity contribution in [2.24, 2.45) is 0 Å². The zero-order chi connectivity index (χ0) is 18.9. The Labute approximate surface area is 182 Å². The van der Waals surface area contributed by atoms with E-state index in [1.807, 2.05) is 12.1 Å². The number of unbranched alkanes of at least 4 members (excludes halogenated alkanes) is 4. The fourth-order valence-corrected chi connectivity index (χ4v) is 3.37. The van der Waals surface area contributed by atoms with Crippen LogP contribution in [0.25, 0.3) is 0 Å². The van der Waals surface area contributed by atoms with Gasteiger partial charge in [0.25, 0.3) is 0 Å². The Bertz CT molecular complexity index is 631. The number of aryl methyl sites for hydroxylation is 2. The van der Waals surface area contributed by atoms with Gasteiger partial charge in [0, 0.05) is 0 Å². The van der Waals surface area contributed by atoms with E-state index in [2.05, 4.69) is 13.8 Å². The zero-order valence-electron chi connectivity index (χ0n) is 17.1. The predicted octanol–water partition coefficient (Wildman–Crippen LogP) is 2.21. The number of ether oxygens (including phenoxy) is 1. The summed E-state index contributed by atoms with van der Waals surface area (Å²) in [5.74, 6) is 0.467. The molecule has 0 amide bonds. The second-order valence-electron chi connectivity index (χ2n) is 6.89. The van der Waals surface area contributed by atoms with Crippen molar-refractivity contribution in [1.29, 1.82) is 0 Å². The molecule has 1 atom stereocenters. The fourth-order valence-electron chi connectivity index (χ4n) is 2.82. The van der Waals surface area contributed by atoms with E-state index in [4.69, 9.17) is 4.74 Å². The van der Waals surface area contributed by atoms with Crippen LogP contribution in [0.4, 0.5) is 0 Å². The number of rotatable bonds is 12. The van der Waals surface area contributed by atoms with E-state index in [1.54, 1.807) is 13.0 Å². The van der Waals surface area contributed by atoms with Crippen molar-refractivity contribution in [2.75, 3.05) is 0 Å². The molecule has 6 heteroatoms. The minimum absolute atomic E-state index is 0. The molecule has 1 aromatic carbocycles. The largest absolute Gasteiger partial charge is 1.00 e. The molecule has 0 spiro atoms. The maximum atomic E-state index is 11.5. The Kier molecular flexibility index (Phi) is 12.4. The van der Waals surface area contributed by atoms with Gasteiger partial charge < -0.3 is 9.29 Å². The zero-order valence-corrected chi connectivity index (χ0v) is 20.0. The van der Waals surface area contributed by atoms with Gasteiger partial charge in [0.15, 0.2) is 4.93 Å². The Morgan fingerprint density at radius 1 is 0.962 bits per heavy atom. The van der Waals surface area contributed by atoms with E-state index in [0.29, 0.717) is 5.75 Å². The first-order valence-electron chi connectivity index (χ1n) is 9.53. The number of hydrogen-bond donors (Lipinski definition) is 0. The van der Waals surface area contributed by atoms with Crippen molar-refractivity contribution in [3.8, 4) is 5.75 Å². The smallest absolute Gasteiger partial charge is 0.745 e. The van der Waals surface area contributed by atoms with Crippen LogP contribution >= 0.6 is 0 Å². The minimum Gasteiger partial charge on any atom is -0.745 e. The summed E-state index contributed by atoms with van der Waals surface area (Å²) in [6.07, 6.45) is 9.06. The van der Waals surface area contributed by atoms with E-state index in [9.17, 15) is 13.0 Å². The van der Waals surface area contributed by atoms with Crippen molar-refractivity contribution in [3.63, 3.8) is 0 Å². The molecule has 0 heterocycles. The van der Waals surface area contributed by atoms with Crippen LogP contribution in [-0.4, -0.2) is 17.9 Å². The van der Waals surface area contributed by atoms with E-state index < -0.39 is 15.1 Å². The molecule has 1 aromatic rings. The standard InChI is InChI=1S/C20H34O4S.Na/c1-5-8-10-12-17-14-15-19(16-18(17)13-11-9-6-2)24-20(4,7-3)25(21,22)23;/h14-16H,5-13H2,1-4H3,(H,21,22,23);/q;+1/p-1. The van der Waals surface area contributed by atoms with Gasteiger partial charge in [-0.05, 0) is 62.3 Å². The van der Waals surface area contributed by atoms with Gasteiger partial charge in [0.05, 0.1) is 0 Å². The molecule has 0 aliphatic carbocycles. The summed E-state index contributed by atoms with van der Waals surface area (Å²) in [7, 11) is -4.55. The first-order valence-corrected chi connectivity index (χ1v) is 10.9. The van der Waals surface area contributed by atoms with Crippen LogP contribution in [0.3, 0.4) is 0 Å². The van der Waals surface area contributed by atoms with Gasteiger partial charge in [-0.25, -0.2) is 8.42 Å². The number of hydrogen-bond acceptors (Lipinski definition) is 4. The normalized spacial score (nSPS) is 13.7. The Hall–Kier alpha value is -0.0700. The van der Waals surface area contributed by atoms with Gasteiger partial charge in [-0.3, -0.25) is 0 Å². The molecule has 0 radical (unpaired) electrons. The van der Waals surface area contributed by atoms with Gasteiger partial charge >= 0.3 is 29.6 Å². The van der Waals surface area contributed by atoms with E-state index in [1.165, 1.54) is 37.3 Å². The van der Waals surface area contributed by atoms with Gasteiger partial charge in [0.1, 0.15) is 15.9 Å². The second-order valence-corrected chi connectivity index (χ2v) is 8.66. The molecule has 0 saturated heterocycles. The first-order chi connectivity index (χ1) is 11.8. The SMILES string of the molecule is CCCCCc1ccc(OC(C)(CC)S(=O)(=O)[O-])cc1CCCCC.[Na+]. The third kappa shape index (κ3) is 7.89. The molecule has 0 N–H and O–H groups in total. The summed E-state index contributed by atoms with van der Waals surface area (Å²) < 4.78 is 40.3. The maximum absolute atomic E-state index is 11.5. The summed E-state index contributed by atoms with van der Waals surface area (Å²) in [6.45, 7) is 7.36. The van der Waals surface area contributed by atoms with Crippen molar-refractivity contribution in [3.05, 3.63) is 29.3 Å². The Balaban J connectivity index is 0.00000625. The van der Waals surface area contributed by atoms with Gasteiger partial charge in [-0.1, -0.05) is 52.5 Å². The first kappa shape index (κ1) is 25.9. The summed E-state index contributed by atoms with van der Waals surface area (Å²) in [5.41, 5.74) is 2.52. The maximum Gasteiger partial charge on any atom is 1.00 e. The van der Waals surface area contributed by atoms with Crippen molar-refractivity contribution in [1.82, 2.24) is 0 Å². The molecule has 1 rings (SSSR count). The quantitative estimate of drug-likeness (QED) is 0.311. The molecule has 4 nitrogen and oxygen atoms in total. The molecule has 26 heavy (non-hydrogen) atoms. The van der Waals surface area contributed by atoms with Crippen LogP contribution in [0.5, 0.6) is 5.75 Å². The van der Waals surface area contributed by atoms with Crippen LogP contribution in [0.1, 0.15) is 83.8 Å². The minimum atomic E-state index is -4.55. The van der Waals surface area contributed by atoms with E-state index in [-0.39, 0.29) is 36.0 Å². The molecular weight excluding hydrogens is 359 g/mol. The molecule has 0 bridgehead atoms. The number of benzene rings is 1. The molecule has 1 unspecified atom stereocenters. The summed E-state index contributed by atoms with van der Waals surface area (Å²) in [4.78, 5) is -1.72. The molecule has 0 fully saturated rings. The van der Waals surface area contributed by atoms with E-state index in [0.717, 1.165) is 32.1 Å². The van der Waals surface area contributed by atoms with Crippen LogP contribution < -0.4 is 34.3 Å². The monoisotopic (exact) mass is 392 g/mol. The topological polar surface area (TPSA) is 66.4 Å². The van der Waals surface area contributed by atoms with Crippen LogP contribution in [-0.2, 0) is 23.0 Å². The summed E-state index contributed by atoms with van der Waals surface area (Å²) in [5, 5.41) is 0. The van der Waals surface area contributed by atoms with Gasteiger partial charge in [0.2, 0.25) is 0 Å². The molecular formula is C20H33NaO4S. The fraction of sp³-hybridized carbons (Fsp3) is 0.700. The summed E-state index contributed by atoms with van der Waals surface area (Å²) in [6, 6.07) is 5.75. The van der Waals surface area contributed by atoms with Crippen molar-refractivity contribution >= 4 is 10.1 Å². The van der Waals surface area contributed by atoms with Gasteiger partial charge in [-0.15, -0.1) is 0 Å². The molecule has 0 aliphatic heterocycles. The third-order valence-corrected chi connectivity index (χ3v) is 6.21. The van der Waals surface area contributed by atoms with Crippen molar-refractivity contribution in [2.45, 2.75) is 90.4 Å². The molecule has 0 aromatic heterocycles. The Morgan fingerprint density at radius 3 is 1.96 bits per heavy atom. The predicted molar refractivity (Wildman–Crippen MR) is 102 cm³/mol. The van der Waals surface area contributed by atoms with Crippen molar-refractivity contribution < 1.29 is 47.3 Å². The second kappa shape index (κ2) is 12.4. The summed E-state index contributed by atoms with van der Waals surface area (Å²) >= 11 is 0. The Morgan fingerprint density at radius 2 is 1.50 bits per heavy atom. The average molecular weight is 393 g/mol. The molecule has 144 valence electrons. The van der Waals surface area contributed by atoms with Crippen LogP contribution in [0, 0.1) is 0 Å². The molecule has 0 aliphatic rings.